The lowest BCUT2D eigenvalue weighted by Crippen LogP contribution is -2.41. The topological polar surface area (TPSA) is 65.6 Å². The Balaban J connectivity index is 1.40. The summed E-state index contributed by atoms with van der Waals surface area (Å²) in [5.41, 5.74) is 5.01. The van der Waals surface area contributed by atoms with Crippen LogP contribution in [0.2, 0.25) is 0 Å². The van der Waals surface area contributed by atoms with Crippen molar-refractivity contribution in [2.24, 2.45) is 0 Å². The molecule has 4 aromatic rings. The number of fused-ring (bicyclic) bond motifs is 1. The third-order valence-electron chi connectivity index (χ3n) is 8.42. The first-order valence-corrected chi connectivity index (χ1v) is 16.4. The van der Waals surface area contributed by atoms with Crippen LogP contribution in [0.15, 0.2) is 103 Å². The third-order valence-corrected chi connectivity index (χ3v) is 8.42. The van der Waals surface area contributed by atoms with Crippen molar-refractivity contribution in [2.45, 2.75) is 32.9 Å². The van der Waals surface area contributed by atoms with Crippen molar-refractivity contribution < 1.29 is 19.1 Å². The Morgan fingerprint density at radius 3 is 2.09 bits per heavy atom. The monoisotopic (exact) mass is 634 g/mol. The van der Waals surface area contributed by atoms with Gasteiger partial charge >= 0.3 is 0 Å². The van der Waals surface area contributed by atoms with E-state index in [9.17, 15) is 9.59 Å². The summed E-state index contributed by atoms with van der Waals surface area (Å²) in [6.07, 6.45) is 1.63. The van der Waals surface area contributed by atoms with Gasteiger partial charge in [0.25, 0.3) is 11.8 Å². The maximum atomic E-state index is 13.9. The zero-order valence-corrected chi connectivity index (χ0v) is 27.8. The van der Waals surface area contributed by atoms with E-state index in [-0.39, 0.29) is 25.0 Å². The maximum Gasteiger partial charge on any atom is 0.264 e. The Morgan fingerprint density at radius 2 is 1.34 bits per heavy atom. The van der Waals surface area contributed by atoms with Crippen LogP contribution in [-0.2, 0) is 22.7 Å². The second-order valence-corrected chi connectivity index (χ2v) is 12.2. The van der Waals surface area contributed by atoms with Crippen molar-refractivity contribution in [3.63, 3.8) is 0 Å². The van der Waals surface area contributed by atoms with Crippen molar-refractivity contribution in [2.75, 3.05) is 63.3 Å². The lowest BCUT2D eigenvalue weighted by Gasteiger charge is -2.32. The Labute approximate surface area is 279 Å². The van der Waals surface area contributed by atoms with Gasteiger partial charge < -0.3 is 24.2 Å². The van der Waals surface area contributed by atoms with E-state index < -0.39 is 0 Å². The summed E-state index contributed by atoms with van der Waals surface area (Å²) in [4.78, 5) is 35.9. The molecule has 0 aromatic heterocycles. The molecule has 5 rings (SSSR count). The van der Waals surface area contributed by atoms with Gasteiger partial charge in [0.15, 0.2) is 13.2 Å². The van der Waals surface area contributed by atoms with Crippen LogP contribution in [-0.4, -0.2) is 75.1 Å². The molecule has 8 nitrogen and oxygen atoms in total. The minimum Gasteiger partial charge on any atom is -0.484 e. The number of amides is 2. The number of aryl methyl sites for hydroxylation is 1. The minimum atomic E-state index is -0.113. The number of carbonyl (C=O) groups is 2. The molecular weight excluding hydrogens is 588 g/mol. The molecule has 0 bridgehead atoms. The van der Waals surface area contributed by atoms with Gasteiger partial charge in [-0.15, -0.1) is 0 Å². The largest absolute Gasteiger partial charge is 0.484 e. The average Bonchev–Trinajstić information content (AvgIpc) is 3.08. The molecule has 1 aliphatic rings. The van der Waals surface area contributed by atoms with Crippen molar-refractivity contribution in [3.05, 3.63) is 120 Å². The highest BCUT2D eigenvalue weighted by Gasteiger charge is 2.25. The van der Waals surface area contributed by atoms with E-state index >= 15 is 0 Å². The SMILES string of the molecule is Cc1cccc2c1N(C(=O)COc1ccccc1)CCCN(Cc1ccccc1)CCCN(C(=O)COc1cccc(N(C)C)c1)C2. The molecule has 0 radical (unpaired) electrons. The van der Waals surface area contributed by atoms with Crippen LogP contribution in [0.4, 0.5) is 11.4 Å². The maximum absolute atomic E-state index is 13.9. The van der Waals surface area contributed by atoms with Crippen molar-refractivity contribution in [1.29, 1.82) is 0 Å². The zero-order valence-electron chi connectivity index (χ0n) is 27.8. The number of anilines is 2. The number of ether oxygens (including phenoxy) is 2. The lowest BCUT2D eigenvalue weighted by molar-refractivity contribution is -0.134. The number of rotatable bonds is 9. The van der Waals surface area contributed by atoms with Gasteiger partial charge in [-0.2, -0.15) is 0 Å². The molecule has 0 N–H and O–H groups in total. The molecule has 4 aromatic carbocycles. The van der Waals surface area contributed by atoms with Crippen LogP contribution < -0.4 is 19.3 Å². The van der Waals surface area contributed by atoms with E-state index in [0.29, 0.717) is 31.1 Å². The third kappa shape index (κ3) is 9.59. The Hall–Kier alpha value is -4.82. The molecule has 0 unspecified atom stereocenters. The van der Waals surface area contributed by atoms with E-state index in [2.05, 4.69) is 29.2 Å². The number of hydrogen-bond acceptors (Lipinski definition) is 6. The zero-order chi connectivity index (χ0) is 33.0. The standard InChI is InChI=1S/C39H46N4O4/c1-31-14-10-17-33-28-42(37(44)29-47-36-21-11-18-34(26-36)40(2)3)24-12-22-41(27-32-15-6-4-7-16-32)23-13-25-43(39(31)33)38(45)30-46-35-19-8-5-9-20-35/h4-11,14-21,26H,12-13,22-25,27-30H2,1-3H3. The molecule has 8 heteroatoms. The Morgan fingerprint density at radius 1 is 0.702 bits per heavy atom. The highest BCUT2D eigenvalue weighted by molar-refractivity contribution is 5.96. The fourth-order valence-electron chi connectivity index (χ4n) is 5.97. The van der Waals surface area contributed by atoms with Gasteiger partial charge in [0.1, 0.15) is 11.5 Å². The quantitative estimate of drug-likeness (QED) is 0.219. The summed E-state index contributed by atoms with van der Waals surface area (Å²) >= 11 is 0. The molecule has 0 saturated carbocycles. The molecule has 2 amide bonds. The summed E-state index contributed by atoms with van der Waals surface area (Å²) in [5.74, 6) is 1.10. The van der Waals surface area contributed by atoms with Gasteiger partial charge in [-0.05, 0) is 60.7 Å². The van der Waals surface area contributed by atoms with E-state index in [1.807, 2.05) is 115 Å². The summed E-state index contributed by atoms with van der Waals surface area (Å²) in [7, 11) is 3.95. The summed E-state index contributed by atoms with van der Waals surface area (Å²) in [6.45, 7) is 5.82. The highest BCUT2D eigenvalue weighted by Crippen LogP contribution is 2.28. The second kappa shape index (κ2) is 16.7. The number of nitrogens with zero attached hydrogens (tertiary/aromatic N) is 4. The van der Waals surface area contributed by atoms with Gasteiger partial charge in [0.05, 0.1) is 5.69 Å². The molecule has 0 spiro atoms. The van der Waals surface area contributed by atoms with Crippen LogP contribution in [0.5, 0.6) is 11.5 Å². The van der Waals surface area contributed by atoms with Gasteiger partial charge in [-0.25, -0.2) is 0 Å². The van der Waals surface area contributed by atoms with Gasteiger partial charge in [0, 0.05) is 65.1 Å². The van der Waals surface area contributed by atoms with Crippen molar-refractivity contribution in [1.82, 2.24) is 9.80 Å². The smallest absolute Gasteiger partial charge is 0.264 e. The van der Waals surface area contributed by atoms with Crippen LogP contribution in [0.3, 0.4) is 0 Å². The first kappa shape index (κ1) is 33.5. The highest BCUT2D eigenvalue weighted by atomic mass is 16.5. The molecule has 0 aliphatic carbocycles. The molecule has 1 aliphatic heterocycles. The van der Waals surface area contributed by atoms with E-state index in [4.69, 9.17) is 9.47 Å². The first-order chi connectivity index (χ1) is 22.9. The molecule has 246 valence electrons. The van der Waals surface area contributed by atoms with Crippen LogP contribution in [0.1, 0.15) is 29.5 Å². The number of hydrogen-bond donors (Lipinski definition) is 0. The predicted molar refractivity (Wildman–Crippen MR) is 188 cm³/mol. The van der Waals surface area contributed by atoms with E-state index in [1.165, 1.54) is 5.56 Å². The van der Waals surface area contributed by atoms with Gasteiger partial charge in [-0.1, -0.05) is 72.8 Å². The lowest BCUT2D eigenvalue weighted by atomic mass is 10.0. The molecule has 47 heavy (non-hydrogen) atoms. The van der Waals surface area contributed by atoms with Crippen LogP contribution in [0, 0.1) is 6.92 Å². The van der Waals surface area contributed by atoms with Gasteiger partial charge in [-0.3, -0.25) is 14.5 Å². The number of carbonyl (C=O) groups excluding carboxylic acids is 2. The minimum absolute atomic E-state index is 0.0701. The second-order valence-electron chi connectivity index (χ2n) is 12.2. The average molecular weight is 635 g/mol. The molecular formula is C39H46N4O4. The predicted octanol–water partition coefficient (Wildman–Crippen LogP) is 6.18. The summed E-state index contributed by atoms with van der Waals surface area (Å²) in [6, 6.07) is 33.6. The first-order valence-electron chi connectivity index (χ1n) is 16.4. The summed E-state index contributed by atoms with van der Waals surface area (Å²) in [5, 5.41) is 0. The summed E-state index contributed by atoms with van der Waals surface area (Å²) < 4.78 is 11.9. The van der Waals surface area contributed by atoms with Crippen LogP contribution >= 0.6 is 0 Å². The number of para-hydroxylation sites is 2. The molecule has 1 heterocycles. The molecule has 0 saturated heterocycles. The fourth-order valence-corrected chi connectivity index (χ4v) is 5.97. The normalized spacial score (nSPS) is 14.4. The fraction of sp³-hybridized carbons (Fsp3) is 0.333. The van der Waals surface area contributed by atoms with Crippen molar-refractivity contribution in [3.8, 4) is 11.5 Å². The molecule has 0 fully saturated rings. The van der Waals surface area contributed by atoms with Crippen LogP contribution in [0.25, 0.3) is 0 Å². The van der Waals surface area contributed by atoms with Crippen molar-refractivity contribution >= 4 is 23.2 Å². The van der Waals surface area contributed by atoms with E-state index in [1.54, 1.807) is 0 Å². The van der Waals surface area contributed by atoms with Gasteiger partial charge in [0.2, 0.25) is 0 Å². The Kier molecular flexibility index (Phi) is 11.9. The van der Waals surface area contributed by atoms with E-state index in [0.717, 1.165) is 55.0 Å². The molecule has 0 atom stereocenters. The number of benzene rings is 4. The Bertz CT molecular complexity index is 1600.